The summed E-state index contributed by atoms with van der Waals surface area (Å²) in [5.41, 5.74) is -6.69. The molecule has 0 spiro atoms. The fraction of sp³-hybridized carbons (Fsp3) is 0.619. The molecule has 0 bridgehead atoms. The lowest BCUT2D eigenvalue weighted by atomic mass is 9.91. The Bertz CT molecular complexity index is 1140. The smallest absolute Gasteiger partial charge is 0.381 e. The third kappa shape index (κ3) is 5.44. The lowest BCUT2D eigenvalue weighted by Gasteiger charge is -2.42. The molecule has 2 aliphatic heterocycles. The lowest BCUT2D eigenvalue weighted by Crippen LogP contribution is -2.56. The second-order valence-electron chi connectivity index (χ2n) is 8.91. The van der Waals surface area contributed by atoms with Crippen molar-refractivity contribution in [3.63, 3.8) is 0 Å². The molecular weight excluding hydrogens is 550 g/mol. The Morgan fingerprint density at radius 1 is 1.05 bits per heavy atom. The van der Waals surface area contributed by atoms with Crippen LogP contribution in [0.1, 0.15) is 24.8 Å². The summed E-state index contributed by atoms with van der Waals surface area (Å²) in [5, 5.41) is 11.3. The van der Waals surface area contributed by atoms with Gasteiger partial charge in [0.15, 0.2) is 0 Å². The average Bonchev–Trinajstić information content (AvgIpc) is 3.39. The van der Waals surface area contributed by atoms with Crippen LogP contribution >= 0.6 is 11.3 Å². The highest BCUT2D eigenvalue weighted by Gasteiger charge is 2.71. The Kier molecular flexibility index (Phi) is 7.78. The van der Waals surface area contributed by atoms with E-state index in [0.29, 0.717) is 32.0 Å². The maximum Gasteiger partial charge on any atom is 0.430 e. The van der Waals surface area contributed by atoms with Gasteiger partial charge in [-0.05, 0) is 36.6 Å². The van der Waals surface area contributed by atoms with Crippen LogP contribution in [0.4, 0.5) is 32.3 Å². The van der Waals surface area contributed by atoms with Gasteiger partial charge in [0.05, 0.1) is 0 Å². The fourth-order valence-electron chi connectivity index (χ4n) is 4.56. The first-order chi connectivity index (χ1) is 17.2. The Morgan fingerprint density at radius 2 is 1.68 bits per heavy atom. The van der Waals surface area contributed by atoms with Crippen molar-refractivity contribution in [1.29, 1.82) is 0 Å². The number of halogens is 6. The van der Waals surface area contributed by atoms with E-state index >= 15 is 0 Å². The minimum atomic E-state index is -6.05. The van der Waals surface area contributed by atoms with E-state index in [9.17, 15) is 39.9 Å². The van der Waals surface area contributed by atoms with Gasteiger partial charge in [-0.3, -0.25) is 0 Å². The highest BCUT2D eigenvalue weighted by Crippen LogP contribution is 2.49. The number of hydrogen-bond donors (Lipinski definition) is 1. The maximum absolute atomic E-state index is 13.2. The van der Waals surface area contributed by atoms with Crippen molar-refractivity contribution in [3.8, 4) is 0 Å². The Morgan fingerprint density at radius 3 is 2.22 bits per heavy atom. The fourth-order valence-corrected chi connectivity index (χ4v) is 7.17. The zero-order valence-electron chi connectivity index (χ0n) is 19.2. The predicted octanol–water partition coefficient (Wildman–Crippen LogP) is 3.55. The van der Waals surface area contributed by atoms with Gasteiger partial charge in [0.1, 0.15) is 4.21 Å². The number of anilines is 1. The summed E-state index contributed by atoms with van der Waals surface area (Å²) in [6.45, 7) is 1.20. The number of aliphatic hydroxyl groups is 1. The molecule has 1 atom stereocenters. The molecule has 37 heavy (non-hydrogen) atoms. The number of thiophene rings is 1. The summed E-state index contributed by atoms with van der Waals surface area (Å²) < 4.78 is 112. The number of aromatic nitrogens is 2. The number of ether oxygens (including phenoxy) is 1. The van der Waals surface area contributed by atoms with Crippen LogP contribution in [-0.4, -0.2) is 79.0 Å². The van der Waals surface area contributed by atoms with Gasteiger partial charge in [0.25, 0.3) is 15.6 Å². The highest BCUT2D eigenvalue weighted by atomic mass is 32.2. The van der Waals surface area contributed by atoms with Crippen molar-refractivity contribution in [2.45, 2.75) is 47.5 Å². The predicted molar refractivity (Wildman–Crippen MR) is 120 cm³/mol. The lowest BCUT2D eigenvalue weighted by molar-refractivity contribution is -0.376. The molecule has 2 aromatic rings. The van der Waals surface area contributed by atoms with E-state index in [0.717, 1.165) is 24.2 Å². The van der Waals surface area contributed by atoms with E-state index in [4.69, 9.17) is 4.74 Å². The highest BCUT2D eigenvalue weighted by molar-refractivity contribution is 7.91. The summed E-state index contributed by atoms with van der Waals surface area (Å²) in [6, 6.07) is 2.62. The number of hydrogen-bond acceptors (Lipinski definition) is 8. The third-order valence-electron chi connectivity index (χ3n) is 6.61. The van der Waals surface area contributed by atoms with Gasteiger partial charge >= 0.3 is 12.4 Å². The SMILES string of the molecule is O=S(=O)(c1cccs1)N1CCN(c2ncc(C(O)(C(F)(F)F)C(F)(F)F)cn2)[C@@H](CC2CCOCC2)C1. The molecule has 4 rings (SSSR count). The quantitative estimate of drug-likeness (QED) is 0.528. The molecule has 0 aromatic carbocycles. The first-order valence-corrected chi connectivity index (χ1v) is 13.6. The number of nitrogens with zero attached hydrogens (tertiary/aromatic N) is 4. The molecule has 2 saturated heterocycles. The maximum atomic E-state index is 13.2. The standard InChI is InChI=1S/C21H24F6N4O4S2/c22-20(23,24)19(32,21(25,26)27)15-11-28-18(29-12-15)31-6-5-30(37(33,34)17-2-1-9-36-17)13-16(31)10-14-3-7-35-8-4-14/h1-2,9,11-12,14,16,32H,3-8,10,13H2/t16-/m0/s1. The van der Waals surface area contributed by atoms with Crippen molar-refractivity contribution in [3.05, 3.63) is 35.5 Å². The zero-order chi connectivity index (χ0) is 27.1. The van der Waals surface area contributed by atoms with Crippen molar-refractivity contribution < 1.29 is 44.6 Å². The van der Waals surface area contributed by atoms with Gasteiger partial charge < -0.3 is 14.7 Å². The van der Waals surface area contributed by atoms with Crippen LogP contribution in [-0.2, 0) is 20.4 Å². The van der Waals surface area contributed by atoms with Crippen LogP contribution in [0.2, 0.25) is 0 Å². The molecule has 4 heterocycles. The molecule has 0 radical (unpaired) electrons. The molecule has 1 N–H and O–H groups in total. The van der Waals surface area contributed by atoms with Crippen LogP contribution in [0.25, 0.3) is 0 Å². The minimum absolute atomic E-state index is 0.0185. The molecule has 2 fully saturated rings. The molecule has 0 unspecified atom stereocenters. The zero-order valence-corrected chi connectivity index (χ0v) is 20.9. The largest absolute Gasteiger partial charge is 0.430 e. The monoisotopic (exact) mass is 574 g/mol. The molecule has 0 aliphatic carbocycles. The summed E-state index contributed by atoms with van der Waals surface area (Å²) in [6.07, 6.45) is -9.53. The van der Waals surface area contributed by atoms with Crippen molar-refractivity contribution in [1.82, 2.24) is 14.3 Å². The number of sulfonamides is 1. The molecule has 206 valence electrons. The summed E-state index contributed by atoms with van der Waals surface area (Å²) in [7, 11) is -3.78. The van der Waals surface area contributed by atoms with Crippen LogP contribution in [0.5, 0.6) is 0 Å². The Labute approximate surface area is 212 Å². The summed E-state index contributed by atoms with van der Waals surface area (Å²) in [4.78, 5) is 9.08. The van der Waals surface area contributed by atoms with Gasteiger partial charge in [0, 0.05) is 56.8 Å². The minimum Gasteiger partial charge on any atom is -0.381 e. The van der Waals surface area contributed by atoms with E-state index in [1.54, 1.807) is 16.3 Å². The van der Waals surface area contributed by atoms with E-state index in [1.165, 1.54) is 10.4 Å². The van der Waals surface area contributed by atoms with E-state index in [2.05, 4.69) is 9.97 Å². The second kappa shape index (κ2) is 10.3. The van der Waals surface area contributed by atoms with Crippen molar-refractivity contribution in [2.75, 3.05) is 37.7 Å². The van der Waals surface area contributed by atoms with Gasteiger partial charge in [-0.25, -0.2) is 18.4 Å². The van der Waals surface area contributed by atoms with Crippen LogP contribution in [0, 0.1) is 5.92 Å². The number of piperazine rings is 1. The van der Waals surface area contributed by atoms with Crippen LogP contribution in [0.15, 0.2) is 34.1 Å². The van der Waals surface area contributed by atoms with Crippen molar-refractivity contribution >= 4 is 27.3 Å². The van der Waals surface area contributed by atoms with Gasteiger partial charge in [-0.15, -0.1) is 11.3 Å². The molecule has 8 nitrogen and oxygen atoms in total. The number of rotatable bonds is 6. The topological polar surface area (TPSA) is 95.9 Å². The normalized spacial score (nSPS) is 21.4. The molecule has 2 aromatic heterocycles. The molecule has 0 amide bonds. The second-order valence-corrected chi connectivity index (χ2v) is 12.0. The van der Waals surface area contributed by atoms with E-state index in [-0.39, 0.29) is 35.7 Å². The van der Waals surface area contributed by atoms with Crippen LogP contribution in [0.3, 0.4) is 0 Å². The number of alkyl halides is 6. The third-order valence-corrected chi connectivity index (χ3v) is 9.85. The van der Waals surface area contributed by atoms with Gasteiger partial charge in [0.2, 0.25) is 5.95 Å². The Balaban J connectivity index is 1.62. The first kappa shape index (κ1) is 28.0. The molecular formula is C21H24F6N4O4S2. The van der Waals surface area contributed by atoms with Gasteiger partial charge in [-0.2, -0.15) is 30.6 Å². The van der Waals surface area contributed by atoms with E-state index in [1.807, 2.05) is 0 Å². The Hall–Kier alpha value is -2.01. The molecule has 0 saturated carbocycles. The molecule has 16 heteroatoms. The summed E-state index contributed by atoms with van der Waals surface area (Å²) in [5.74, 6) is 0.0196. The first-order valence-electron chi connectivity index (χ1n) is 11.3. The summed E-state index contributed by atoms with van der Waals surface area (Å²) >= 11 is 1.07. The van der Waals surface area contributed by atoms with Crippen LogP contribution < -0.4 is 4.90 Å². The average molecular weight is 575 g/mol. The van der Waals surface area contributed by atoms with Crippen molar-refractivity contribution in [2.24, 2.45) is 5.92 Å². The molecule has 2 aliphatic rings. The van der Waals surface area contributed by atoms with E-state index < -0.39 is 39.6 Å². The van der Waals surface area contributed by atoms with Gasteiger partial charge in [-0.1, -0.05) is 6.07 Å².